The van der Waals surface area contributed by atoms with Gasteiger partial charge >= 0.3 is 0 Å². The molecule has 0 saturated carbocycles. The minimum absolute atomic E-state index is 0.0204. The van der Waals surface area contributed by atoms with Gasteiger partial charge in [-0.25, -0.2) is 5.84 Å². The molecule has 1 saturated heterocycles. The van der Waals surface area contributed by atoms with Crippen molar-refractivity contribution in [2.45, 2.75) is 44.7 Å². The second kappa shape index (κ2) is 6.56. The van der Waals surface area contributed by atoms with E-state index in [1.165, 1.54) is 0 Å². The summed E-state index contributed by atoms with van der Waals surface area (Å²) in [6.07, 6.45) is 3.49. The fourth-order valence-electron chi connectivity index (χ4n) is 2.44. The van der Waals surface area contributed by atoms with Gasteiger partial charge in [0.2, 0.25) is 5.91 Å². The van der Waals surface area contributed by atoms with Gasteiger partial charge in [-0.15, -0.1) is 0 Å². The van der Waals surface area contributed by atoms with Crippen LogP contribution < -0.4 is 16.6 Å². The van der Waals surface area contributed by atoms with Crippen LogP contribution in [0.3, 0.4) is 0 Å². The number of amides is 2. The number of carbonyl (C=O) groups excluding carboxylic acids is 2. The normalized spacial score (nSPS) is 22.9. The van der Waals surface area contributed by atoms with Gasteiger partial charge in [0.15, 0.2) is 0 Å². The molecule has 0 aromatic rings. The van der Waals surface area contributed by atoms with Crippen molar-refractivity contribution in [3.05, 3.63) is 0 Å². The SMILES string of the molecule is CCC(C(=O)NN)N1CCCCC1C(=O)NC. The van der Waals surface area contributed by atoms with E-state index in [0.29, 0.717) is 6.42 Å². The van der Waals surface area contributed by atoms with Crippen LogP contribution in [0.15, 0.2) is 0 Å². The molecule has 4 N–H and O–H groups in total. The molecule has 1 aliphatic rings. The van der Waals surface area contributed by atoms with Crippen LogP contribution in [0.5, 0.6) is 0 Å². The van der Waals surface area contributed by atoms with Crippen molar-refractivity contribution in [1.82, 2.24) is 15.6 Å². The van der Waals surface area contributed by atoms with Crippen LogP contribution in [0.25, 0.3) is 0 Å². The summed E-state index contributed by atoms with van der Waals surface area (Å²) in [7, 11) is 1.62. The molecule has 2 amide bonds. The summed E-state index contributed by atoms with van der Waals surface area (Å²) >= 11 is 0. The maximum Gasteiger partial charge on any atom is 0.251 e. The first-order chi connectivity index (χ1) is 8.15. The van der Waals surface area contributed by atoms with Crippen molar-refractivity contribution >= 4 is 11.8 Å². The molecule has 1 rings (SSSR count). The smallest absolute Gasteiger partial charge is 0.251 e. The summed E-state index contributed by atoms with van der Waals surface area (Å²) in [6.45, 7) is 2.69. The molecule has 0 aliphatic carbocycles. The number of carbonyl (C=O) groups is 2. The predicted octanol–water partition coefficient (Wildman–Crippen LogP) is -0.645. The van der Waals surface area contributed by atoms with Crippen LogP contribution in [0.1, 0.15) is 32.6 Å². The van der Waals surface area contributed by atoms with Crippen molar-refractivity contribution in [2.24, 2.45) is 5.84 Å². The summed E-state index contributed by atoms with van der Waals surface area (Å²) in [6, 6.07) is -0.529. The number of hydrogen-bond acceptors (Lipinski definition) is 4. The van der Waals surface area contributed by atoms with E-state index in [1.54, 1.807) is 7.05 Å². The average molecular weight is 242 g/mol. The molecular weight excluding hydrogens is 220 g/mol. The van der Waals surface area contributed by atoms with Crippen LogP contribution in [-0.4, -0.2) is 42.4 Å². The third kappa shape index (κ3) is 3.17. The van der Waals surface area contributed by atoms with Crippen LogP contribution in [0.4, 0.5) is 0 Å². The molecule has 1 fully saturated rings. The van der Waals surface area contributed by atoms with Crippen molar-refractivity contribution in [3.63, 3.8) is 0 Å². The van der Waals surface area contributed by atoms with E-state index in [4.69, 9.17) is 5.84 Å². The standard InChI is InChI=1S/C11H22N4O2/c1-3-8(11(17)14-12)15-7-5-4-6-9(15)10(16)13-2/h8-9H,3-7,12H2,1-2H3,(H,13,16)(H,14,17). The van der Waals surface area contributed by atoms with E-state index in [9.17, 15) is 9.59 Å². The van der Waals surface area contributed by atoms with Crippen LogP contribution in [0.2, 0.25) is 0 Å². The number of nitrogens with two attached hydrogens (primary N) is 1. The molecule has 0 aromatic carbocycles. The van der Waals surface area contributed by atoms with Gasteiger partial charge in [0.25, 0.3) is 5.91 Å². The molecule has 2 atom stereocenters. The summed E-state index contributed by atoms with van der Waals surface area (Å²) in [4.78, 5) is 25.4. The lowest BCUT2D eigenvalue weighted by molar-refractivity contribution is -0.134. The van der Waals surface area contributed by atoms with Gasteiger partial charge < -0.3 is 5.32 Å². The molecule has 6 heteroatoms. The zero-order valence-electron chi connectivity index (χ0n) is 10.5. The topological polar surface area (TPSA) is 87.5 Å². The lowest BCUT2D eigenvalue weighted by Gasteiger charge is -2.38. The highest BCUT2D eigenvalue weighted by molar-refractivity contribution is 5.85. The number of likely N-dealkylation sites (N-methyl/N-ethyl adjacent to an activating group) is 1. The first-order valence-corrected chi connectivity index (χ1v) is 6.13. The van der Waals surface area contributed by atoms with Gasteiger partial charge in [-0.05, 0) is 25.8 Å². The van der Waals surface area contributed by atoms with Gasteiger partial charge in [-0.1, -0.05) is 13.3 Å². The summed E-state index contributed by atoms with van der Waals surface area (Å²) < 4.78 is 0. The number of likely N-dealkylation sites (tertiary alicyclic amines) is 1. The third-order valence-corrected chi connectivity index (χ3v) is 3.33. The number of nitrogens with one attached hydrogen (secondary N) is 2. The highest BCUT2D eigenvalue weighted by Gasteiger charge is 2.35. The fraction of sp³-hybridized carbons (Fsp3) is 0.818. The van der Waals surface area contributed by atoms with Crippen molar-refractivity contribution in [1.29, 1.82) is 0 Å². The highest BCUT2D eigenvalue weighted by atomic mass is 16.2. The Morgan fingerprint density at radius 2 is 2.18 bits per heavy atom. The van der Waals surface area contributed by atoms with Crippen LogP contribution in [0, 0.1) is 0 Å². The number of nitrogens with zero attached hydrogens (tertiary/aromatic N) is 1. The number of rotatable bonds is 4. The number of piperidine rings is 1. The zero-order valence-corrected chi connectivity index (χ0v) is 10.5. The van der Waals surface area contributed by atoms with Crippen LogP contribution >= 0.6 is 0 Å². The molecule has 2 unspecified atom stereocenters. The Balaban J connectivity index is 2.81. The van der Waals surface area contributed by atoms with Gasteiger partial charge in [0, 0.05) is 7.05 Å². The second-order valence-corrected chi connectivity index (χ2v) is 4.30. The molecular formula is C11H22N4O2. The van der Waals surface area contributed by atoms with E-state index >= 15 is 0 Å². The second-order valence-electron chi connectivity index (χ2n) is 4.30. The lowest BCUT2D eigenvalue weighted by atomic mass is 9.97. The Kier molecular flexibility index (Phi) is 5.37. The van der Waals surface area contributed by atoms with Crippen LogP contribution in [-0.2, 0) is 9.59 Å². The fourth-order valence-corrected chi connectivity index (χ4v) is 2.44. The molecule has 0 bridgehead atoms. The van der Waals surface area contributed by atoms with Gasteiger partial charge in [-0.2, -0.15) is 0 Å². The number of hydrogen-bond donors (Lipinski definition) is 3. The molecule has 1 aliphatic heterocycles. The zero-order chi connectivity index (χ0) is 12.8. The Bertz CT molecular complexity index is 265. The molecule has 98 valence electrons. The van der Waals surface area contributed by atoms with Gasteiger partial charge in [-0.3, -0.25) is 19.9 Å². The van der Waals surface area contributed by atoms with E-state index in [-0.39, 0.29) is 23.9 Å². The monoisotopic (exact) mass is 242 g/mol. The molecule has 17 heavy (non-hydrogen) atoms. The Morgan fingerprint density at radius 3 is 2.71 bits per heavy atom. The maximum atomic E-state index is 11.8. The summed E-state index contributed by atoms with van der Waals surface area (Å²) in [5.74, 6) is 4.94. The highest BCUT2D eigenvalue weighted by Crippen LogP contribution is 2.21. The van der Waals surface area contributed by atoms with Crippen molar-refractivity contribution < 1.29 is 9.59 Å². The molecule has 6 nitrogen and oxygen atoms in total. The maximum absolute atomic E-state index is 11.8. The molecule has 1 heterocycles. The van der Waals surface area contributed by atoms with Gasteiger partial charge in [0.1, 0.15) is 0 Å². The van der Waals surface area contributed by atoms with E-state index in [2.05, 4.69) is 10.7 Å². The Hall–Kier alpha value is -1.14. The van der Waals surface area contributed by atoms with Crippen molar-refractivity contribution in [2.75, 3.05) is 13.6 Å². The first kappa shape index (κ1) is 13.9. The van der Waals surface area contributed by atoms with E-state index < -0.39 is 0 Å². The predicted molar refractivity (Wildman–Crippen MR) is 64.8 cm³/mol. The van der Waals surface area contributed by atoms with E-state index in [0.717, 1.165) is 25.8 Å². The minimum Gasteiger partial charge on any atom is -0.358 e. The molecule has 0 spiro atoms. The third-order valence-electron chi connectivity index (χ3n) is 3.33. The Labute approximate surface area is 102 Å². The largest absolute Gasteiger partial charge is 0.358 e. The summed E-state index contributed by atoms with van der Waals surface area (Å²) in [5.41, 5.74) is 2.18. The minimum atomic E-state index is -0.317. The Morgan fingerprint density at radius 1 is 1.47 bits per heavy atom. The van der Waals surface area contributed by atoms with Gasteiger partial charge in [0.05, 0.1) is 12.1 Å². The van der Waals surface area contributed by atoms with Crippen molar-refractivity contribution in [3.8, 4) is 0 Å². The number of hydrazine groups is 1. The van der Waals surface area contributed by atoms with E-state index in [1.807, 2.05) is 11.8 Å². The lowest BCUT2D eigenvalue weighted by Crippen LogP contribution is -2.57. The first-order valence-electron chi connectivity index (χ1n) is 6.13. The molecule has 0 aromatic heterocycles. The average Bonchev–Trinajstić information content (AvgIpc) is 2.39. The quantitative estimate of drug-likeness (QED) is 0.347. The summed E-state index contributed by atoms with van der Waals surface area (Å²) in [5, 5.41) is 2.66. The molecule has 0 radical (unpaired) electrons.